The summed E-state index contributed by atoms with van der Waals surface area (Å²) in [5.74, 6) is -0.674. The summed E-state index contributed by atoms with van der Waals surface area (Å²) in [5.41, 5.74) is -0.263. The molecule has 0 aromatic heterocycles. The van der Waals surface area contributed by atoms with Gasteiger partial charge in [-0.15, -0.1) is 0 Å². The SMILES string of the molecule is COCCCOCCOc1cc(F)ccc1[N+](=O)[O-]. The molecule has 0 radical (unpaired) electrons. The van der Waals surface area contributed by atoms with Gasteiger partial charge in [0, 0.05) is 32.5 Å². The van der Waals surface area contributed by atoms with Crippen LogP contribution in [0.1, 0.15) is 6.42 Å². The average molecular weight is 273 g/mol. The molecular formula is C12H16FNO5. The van der Waals surface area contributed by atoms with E-state index >= 15 is 0 Å². The van der Waals surface area contributed by atoms with Crippen LogP contribution in [0.15, 0.2) is 18.2 Å². The third-order valence-electron chi connectivity index (χ3n) is 2.24. The Bertz CT molecular complexity index is 413. The lowest BCUT2D eigenvalue weighted by Gasteiger charge is -2.07. The Morgan fingerprint density at radius 2 is 2.05 bits per heavy atom. The maximum Gasteiger partial charge on any atom is 0.311 e. The monoisotopic (exact) mass is 273 g/mol. The molecule has 19 heavy (non-hydrogen) atoms. The van der Waals surface area contributed by atoms with E-state index in [0.29, 0.717) is 13.2 Å². The van der Waals surface area contributed by atoms with Crippen molar-refractivity contribution in [3.05, 3.63) is 34.1 Å². The first-order chi connectivity index (χ1) is 9.15. The summed E-state index contributed by atoms with van der Waals surface area (Å²) < 4.78 is 28.2. The molecule has 0 amide bonds. The Kier molecular flexibility index (Phi) is 6.76. The maximum absolute atomic E-state index is 13.0. The van der Waals surface area contributed by atoms with E-state index in [1.807, 2.05) is 0 Å². The third-order valence-corrected chi connectivity index (χ3v) is 2.24. The smallest absolute Gasteiger partial charge is 0.311 e. The first-order valence-corrected chi connectivity index (χ1v) is 5.78. The van der Waals surface area contributed by atoms with Gasteiger partial charge in [0.05, 0.1) is 11.5 Å². The number of nitro groups is 1. The van der Waals surface area contributed by atoms with Crippen LogP contribution in [0.2, 0.25) is 0 Å². The molecule has 0 saturated carbocycles. The van der Waals surface area contributed by atoms with Gasteiger partial charge < -0.3 is 14.2 Å². The summed E-state index contributed by atoms with van der Waals surface area (Å²) in [6.07, 6.45) is 0.761. The molecule has 0 saturated heterocycles. The minimum atomic E-state index is -0.617. The van der Waals surface area contributed by atoms with Crippen molar-refractivity contribution in [2.24, 2.45) is 0 Å². The third kappa shape index (κ3) is 5.62. The van der Waals surface area contributed by atoms with E-state index < -0.39 is 10.7 Å². The molecule has 106 valence electrons. The van der Waals surface area contributed by atoms with Crippen molar-refractivity contribution in [3.63, 3.8) is 0 Å². The zero-order chi connectivity index (χ0) is 14.1. The summed E-state index contributed by atoms with van der Waals surface area (Å²) in [5, 5.41) is 10.7. The summed E-state index contributed by atoms with van der Waals surface area (Å²) in [7, 11) is 1.60. The van der Waals surface area contributed by atoms with E-state index in [2.05, 4.69) is 0 Å². The van der Waals surface area contributed by atoms with Crippen molar-refractivity contribution in [1.29, 1.82) is 0 Å². The van der Waals surface area contributed by atoms with Gasteiger partial charge in [-0.3, -0.25) is 10.1 Å². The minimum absolute atomic E-state index is 0.0921. The molecule has 0 aliphatic rings. The van der Waals surface area contributed by atoms with E-state index in [1.54, 1.807) is 7.11 Å². The standard InChI is InChI=1S/C12H16FNO5/c1-17-5-2-6-18-7-8-19-12-9-10(13)3-4-11(12)14(15)16/h3-4,9H,2,5-8H2,1H3. The number of benzene rings is 1. The molecule has 0 aliphatic heterocycles. The average Bonchev–Trinajstić information content (AvgIpc) is 2.37. The Balaban J connectivity index is 2.36. The second-order valence-electron chi connectivity index (χ2n) is 3.68. The molecule has 1 aromatic rings. The first-order valence-electron chi connectivity index (χ1n) is 5.78. The number of halogens is 1. The van der Waals surface area contributed by atoms with E-state index in [-0.39, 0.29) is 24.7 Å². The van der Waals surface area contributed by atoms with Gasteiger partial charge in [-0.25, -0.2) is 4.39 Å². The zero-order valence-corrected chi connectivity index (χ0v) is 10.6. The highest BCUT2D eigenvalue weighted by molar-refractivity contribution is 5.46. The fourth-order valence-electron chi connectivity index (χ4n) is 1.37. The molecule has 0 N–H and O–H groups in total. The number of hydrogen-bond donors (Lipinski definition) is 0. The number of nitro benzene ring substituents is 1. The fraction of sp³-hybridized carbons (Fsp3) is 0.500. The van der Waals surface area contributed by atoms with E-state index in [4.69, 9.17) is 14.2 Å². The molecule has 0 fully saturated rings. The van der Waals surface area contributed by atoms with Gasteiger partial charge in [0.1, 0.15) is 12.4 Å². The number of nitrogens with zero attached hydrogens (tertiary/aromatic N) is 1. The van der Waals surface area contributed by atoms with Crippen LogP contribution < -0.4 is 4.74 Å². The summed E-state index contributed by atoms with van der Waals surface area (Å²) in [4.78, 5) is 10.1. The quantitative estimate of drug-likeness (QED) is 0.392. The molecule has 1 aromatic carbocycles. The molecule has 0 bridgehead atoms. The number of hydrogen-bond acceptors (Lipinski definition) is 5. The number of methoxy groups -OCH3 is 1. The van der Waals surface area contributed by atoms with E-state index in [0.717, 1.165) is 24.6 Å². The minimum Gasteiger partial charge on any atom is -0.484 e. The summed E-state index contributed by atoms with van der Waals surface area (Å²) in [6, 6.07) is 3.08. The largest absolute Gasteiger partial charge is 0.484 e. The Hall–Kier alpha value is -1.73. The van der Waals surface area contributed by atoms with Gasteiger partial charge in [-0.05, 0) is 12.5 Å². The second kappa shape index (κ2) is 8.39. The number of ether oxygens (including phenoxy) is 3. The van der Waals surface area contributed by atoms with Gasteiger partial charge in [0.15, 0.2) is 5.75 Å². The predicted octanol–water partition coefficient (Wildman–Crippen LogP) is 2.17. The normalized spacial score (nSPS) is 10.4. The number of rotatable bonds is 9. The van der Waals surface area contributed by atoms with Crippen LogP contribution in [0.3, 0.4) is 0 Å². The zero-order valence-electron chi connectivity index (χ0n) is 10.6. The Labute approximate surface area is 110 Å². The highest BCUT2D eigenvalue weighted by atomic mass is 19.1. The van der Waals surface area contributed by atoms with Crippen molar-refractivity contribution in [3.8, 4) is 5.75 Å². The van der Waals surface area contributed by atoms with Gasteiger partial charge in [-0.1, -0.05) is 0 Å². The van der Waals surface area contributed by atoms with Crippen molar-refractivity contribution in [2.75, 3.05) is 33.5 Å². The lowest BCUT2D eigenvalue weighted by Crippen LogP contribution is -2.09. The molecule has 0 atom stereocenters. The van der Waals surface area contributed by atoms with Crippen LogP contribution in [0, 0.1) is 15.9 Å². The van der Waals surface area contributed by atoms with Gasteiger partial charge in [-0.2, -0.15) is 0 Å². The molecule has 0 heterocycles. The highest BCUT2D eigenvalue weighted by Gasteiger charge is 2.15. The Morgan fingerprint density at radius 3 is 2.74 bits per heavy atom. The van der Waals surface area contributed by atoms with Gasteiger partial charge in [0.2, 0.25) is 0 Å². The van der Waals surface area contributed by atoms with E-state index in [9.17, 15) is 14.5 Å². The maximum atomic E-state index is 13.0. The lowest BCUT2D eigenvalue weighted by molar-refractivity contribution is -0.385. The van der Waals surface area contributed by atoms with Crippen LogP contribution in [-0.2, 0) is 9.47 Å². The molecular weight excluding hydrogens is 257 g/mol. The molecule has 0 aliphatic carbocycles. The van der Waals surface area contributed by atoms with Crippen molar-refractivity contribution in [2.45, 2.75) is 6.42 Å². The van der Waals surface area contributed by atoms with E-state index in [1.165, 1.54) is 0 Å². The molecule has 0 unspecified atom stereocenters. The first kappa shape index (κ1) is 15.3. The second-order valence-corrected chi connectivity index (χ2v) is 3.68. The Morgan fingerprint density at radius 1 is 1.26 bits per heavy atom. The van der Waals surface area contributed by atoms with Crippen LogP contribution in [-0.4, -0.2) is 38.5 Å². The summed E-state index contributed by atoms with van der Waals surface area (Å²) >= 11 is 0. The summed E-state index contributed by atoms with van der Waals surface area (Å²) in [6.45, 7) is 1.52. The van der Waals surface area contributed by atoms with Crippen LogP contribution in [0.5, 0.6) is 5.75 Å². The molecule has 0 spiro atoms. The molecule has 7 heteroatoms. The molecule has 6 nitrogen and oxygen atoms in total. The van der Waals surface area contributed by atoms with Crippen LogP contribution >= 0.6 is 0 Å². The van der Waals surface area contributed by atoms with Gasteiger partial charge in [0.25, 0.3) is 0 Å². The van der Waals surface area contributed by atoms with Crippen molar-refractivity contribution >= 4 is 5.69 Å². The van der Waals surface area contributed by atoms with Crippen LogP contribution in [0.4, 0.5) is 10.1 Å². The van der Waals surface area contributed by atoms with Crippen LogP contribution in [0.25, 0.3) is 0 Å². The topological polar surface area (TPSA) is 70.8 Å². The van der Waals surface area contributed by atoms with Crippen molar-refractivity contribution in [1.82, 2.24) is 0 Å². The lowest BCUT2D eigenvalue weighted by atomic mass is 10.3. The predicted molar refractivity (Wildman–Crippen MR) is 65.9 cm³/mol. The molecule has 1 rings (SSSR count). The fourth-order valence-corrected chi connectivity index (χ4v) is 1.37. The van der Waals surface area contributed by atoms with Crippen molar-refractivity contribution < 1.29 is 23.5 Å². The van der Waals surface area contributed by atoms with Gasteiger partial charge >= 0.3 is 5.69 Å². The highest BCUT2D eigenvalue weighted by Crippen LogP contribution is 2.27.